The third-order valence-corrected chi connectivity index (χ3v) is 11.7. The fraction of sp³-hybridized carbons (Fsp3) is 0.382. The first-order chi connectivity index (χ1) is 37.4. The van der Waals surface area contributed by atoms with Crippen molar-refractivity contribution in [3.63, 3.8) is 0 Å². The van der Waals surface area contributed by atoms with Crippen LogP contribution in [0.4, 0.5) is 0 Å². The Balaban J connectivity index is 0.000000421. The molecule has 0 spiro atoms. The largest absolute Gasteiger partial charge is 0.493 e. The van der Waals surface area contributed by atoms with Crippen molar-refractivity contribution >= 4 is 47.6 Å². The lowest BCUT2D eigenvalue weighted by molar-refractivity contribution is -0.143. The van der Waals surface area contributed by atoms with Gasteiger partial charge in [-0.2, -0.15) is 0 Å². The maximum Gasteiger partial charge on any atom is 0.316 e. The topological polar surface area (TPSA) is 158 Å². The zero-order valence-electron chi connectivity index (χ0n) is 50.1. The highest BCUT2D eigenvalue weighted by molar-refractivity contribution is 6.08. The fourth-order valence-corrected chi connectivity index (χ4v) is 7.08. The third-order valence-electron chi connectivity index (χ3n) is 11.7. The minimum absolute atomic E-state index is 0.214. The first kappa shape index (κ1) is 66.4. The molecule has 0 saturated heterocycles. The molecule has 4 aromatic rings. The first-order valence-corrected chi connectivity index (χ1v) is 27.1. The van der Waals surface area contributed by atoms with Crippen LogP contribution < -0.4 is 28.4 Å². The van der Waals surface area contributed by atoms with E-state index in [0.29, 0.717) is 101 Å². The van der Waals surface area contributed by atoms with Crippen LogP contribution in [0.1, 0.15) is 165 Å². The SMILES string of the molecule is C/C=C/Cc1cc(/C=C/C(=O)c2ccc(OC(=O)C(C)(C)C)cc2)c(OCC)c(C/C=C/C)c1OC(=O)C(C)(C)C.C=CCc1cc(/C=C/C(=O)c2ccc(OC(=O)C(C)(C)C)cc2)c(OCC)c(CC=C)c1OC(=O)C(C)(C)C. The average molecular weight is 1090 g/mol. The molecular formula is C68H84O12. The second-order valence-electron chi connectivity index (χ2n) is 22.9. The van der Waals surface area contributed by atoms with Gasteiger partial charge >= 0.3 is 23.9 Å². The van der Waals surface area contributed by atoms with Crippen LogP contribution in [-0.2, 0) is 44.9 Å². The monoisotopic (exact) mass is 1090 g/mol. The Labute approximate surface area is 475 Å². The van der Waals surface area contributed by atoms with Crippen LogP contribution in [0, 0.1) is 21.7 Å². The van der Waals surface area contributed by atoms with Crippen LogP contribution >= 0.6 is 0 Å². The lowest BCUT2D eigenvalue weighted by Gasteiger charge is -2.23. The Morgan fingerprint density at radius 3 is 1.09 bits per heavy atom. The van der Waals surface area contributed by atoms with Gasteiger partial charge in [-0.15, -0.1) is 13.2 Å². The summed E-state index contributed by atoms with van der Waals surface area (Å²) in [6, 6.07) is 16.7. The van der Waals surface area contributed by atoms with E-state index in [-0.39, 0.29) is 35.4 Å². The van der Waals surface area contributed by atoms with Gasteiger partial charge in [-0.3, -0.25) is 28.8 Å². The molecule has 428 valence electrons. The summed E-state index contributed by atoms with van der Waals surface area (Å²) in [7, 11) is 0. The molecular weight excluding hydrogens is 1010 g/mol. The summed E-state index contributed by atoms with van der Waals surface area (Å²) in [5.41, 5.74) is 2.63. The van der Waals surface area contributed by atoms with Gasteiger partial charge in [-0.1, -0.05) is 36.5 Å². The summed E-state index contributed by atoms with van der Waals surface area (Å²) in [6.07, 6.45) is 19.6. The highest BCUT2D eigenvalue weighted by Crippen LogP contribution is 2.41. The summed E-state index contributed by atoms with van der Waals surface area (Å²) < 4.78 is 34.8. The van der Waals surface area contributed by atoms with E-state index in [2.05, 4.69) is 13.2 Å². The van der Waals surface area contributed by atoms with E-state index in [0.717, 1.165) is 16.7 Å². The van der Waals surface area contributed by atoms with Crippen molar-refractivity contribution in [2.24, 2.45) is 21.7 Å². The van der Waals surface area contributed by atoms with Crippen LogP contribution in [0.25, 0.3) is 12.2 Å². The number of ketones is 2. The predicted octanol–water partition coefficient (Wildman–Crippen LogP) is 15.5. The minimum Gasteiger partial charge on any atom is -0.493 e. The van der Waals surface area contributed by atoms with E-state index in [9.17, 15) is 28.8 Å². The van der Waals surface area contributed by atoms with Gasteiger partial charge in [0.15, 0.2) is 11.6 Å². The maximum atomic E-state index is 13.1. The molecule has 0 aliphatic rings. The molecule has 0 radical (unpaired) electrons. The Morgan fingerprint density at radius 1 is 0.438 bits per heavy atom. The number of carbonyl (C=O) groups is 6. The van der Waals surface area contributed by atoms with E-state index in [4.69, 9.17) is 28.4 Å². The lowest BCUT2D eigenvalue weighted by atomic mass is 9.95. The summed E-state index contributed by atoms with van der Waals surface area (Å²) in [5, 5.41) is 0. The first-order valence-electron chi connectivity index (χ1n) is 27.1. The highest BCUT2D eigenvalue weighted by atomic mass is 16.6. The number of benzene rings is 4. The van der Waals surface area contributed by atoms with E-state index >= 15 is 0 Å². The number of carbonyl (C=O) groups excluding carboxylic acids is 6. The van der Waals surface area contributed by atoms with Crippen LogP contribution in [0.15, 0.2) is 122 Å². The molecule has 0 amide bonds. The second kappa shape index (κ2) is 29.9. The summed E-state index contributed by atoms with van der Waals surface area (Å²) >= 11 is 0. The molecule has 12 heteroatoms. The predicted molar refractivity (Wildman–Crippen MR) is 320 cm³/mol. The molecule has 80 heavy (non-hydrogen) atoms. The minimum atomic E-state index is -0.700. The zero-order chi connectivity index (χ0) is 60.2. The van der Waals surface area contributed by atoms with Crippen molar-refractivity contribution < 1.29 is 57.2 Å². The Kier molecular flexibility index (Phi) is 24.8. The molecule has 4 aromatic carbocycles. The van der Waals surface area contributed by atoms with Crippen LogP contribution in [0.5, 0.6) is 34.5 Å². The van der Waals surface area contributed by atoms with Gasteiger partial charge in [0.2, 0.25) is 0 Å². The van der Waals surface area contributed by atoms with Crippen molar-refractivity contribution in [1.29, 1.82) is 0 Å². The van der Waals surface area contributed by atoms with Crippen molar-refractivity contribution in [1.82, 2.24) is 0 Å². The molecule has 0 heterocycles. The van der Waals surface area contributed by atoms with Crippen molar-refractivity contribution in [2.45, 2.75) is 136 Å². The van der Waals surface area contributed by atoms with Gasteiger partial charge < -0.3 is 28.4 Å². The number of rotatable bonds is 22. The van der Waals surface area contributed by atoms with Crippen LogP contribution in [0.2, 0.25) is 0 Å². The molecule has 12 nitrogen and oxygen atoms in total. The van der Waals surface area contributed by atoms with Gasteiger partial charge in [0.25, 0.3) is 0 Å². The van der Waals surface area contributed by atoms with Crippen molar-refractivity contribution in [3.05, 3.63) is 167 Å². The summed E-state index contributed by atoms with van der Waals surface area (Å²) in [4.78, 5) is 76.1. The number of hydrogen-bond acceptors (Lipinski definition) is 12. The van der Waals surface area contributed by atoms with Gasteiger partial charge in [0.05, 0.1) is 34.9 Å². The Morgan fingerprint density at radius 2 is 0.762 bits per heavy atom. The fourth-order valence-electron chi connectivity index (χ4n) is 7.08. The van der Waals surface area contributed by atoms with E-state index in [1.807, 2.05) is 84.9 Å². The number of esters is 4. The van der Waals surface area contributed by atoms with Crippen LogP contribution in [0.3, 0.4) is 0 Å². The molecule has 0 aliphatic carbocycles. The molecule has 0 atom stereocenters. The molecule has 0 unspecified atom stereocenters. The standard InChI is InChI=1S/C35H44O6.C33H40O6/c1-10-13-15-25-23-26(19-22-29(36)24-17-20-27(21-18-24)40-32(37)34(4,5)6)30(39-12-3)28(16-14-11-2)31(25)41-33(38)35(7,8)9;1-10-13-23-21-24(28(37-12-3)26(14-11-2)29(23)39-31(36)33(7,8)9)17-20-27(34)22-15-18-25(19-16-22)38-30(35)32(4,5)6/h10-11,13-14,17-23H,12,15-16H2,1-9H3;10-11,15-21H,1-2,12-14H2,3-9H3/b13-10+,14-11+,22-19+;20-17+. The molecule has 0 fully saturated rings. The number of ether oxygens (including phenoxy) is 6. The Bertz CT molecular complexity index is 2970. The maximum absolute atomic E-state index is 13.1. The van der Waals surface area contributed by atoms with E-state index in [1.54, 1.807) is 135 Å². The highest BCUT2D eigenvalue weighted by Gasteiger charge is 2.30. The normalized spacial score (nSPS) is 12.0. The molecule has 0 aromatic heterocycles. The zero-order valence-corrected chi connectivity index (χ0v) is 50.1. The summed E-state index contributed by atoms with van der Waals surface area (Å²) in [6.45, 7) is 37.6. The van der Waals surface area contributed by atoms with Gasteiger partial charge in [-0.05, 0) is 233 Å². The molecule has 4 rings (SSSR count). The van der Waals surface area contributed by atoms with Crippen LogP contribution in [-0.4, -0.2) is 48.7 Å². The second-order valence-corrected chi connectivity index (χ2v) is 22.9. The number of allylic oxidation sites excluding steroid dienone is 8. The Hall–Kier alpha value is -7.86. The van der Waals surface area contributed by atoms with Crippen molar-refractivity contribution in [2.75, 3.05) is 13.2 Å². The van der Waals surface area contributed by atoms with Crippen molar-refractivity contribution in [3.8, 4) is 34.5 Å². The van der Waals surface area contributed by atoms with Gasteiger partial charge in [0.1, 0.15) is 34.5 Å². The quantitative estimate of drug-likeness (QED) is 0.0241. The smallest absolute Gasteiger partial charge is 0.316 e. The van der Waals surface area contributed by atoms with E-state index < -0.39 is 21.7 Å². The average Bonchev–Trinajstić information content (AvgIpc) is 3.38. The molecule has 0 aliphatic heterocycles. The van der Waals surface area contributed by atoms with Gasteiger partial charge in [0, 0.05) is 33.4 Å². The third kappa shape index (κ3) is 19.8. The number of hydrogen-bond donors (Lipinski definition) is 0. The lowest BCUT2D eigenvalue weighted by Crippen LogP contribution is -2.26. The van der Waals surface area contributed by atoms with Gasteiger partial charge in [-0.25, -0.2) is 0 Å². The molecule has 0 N–H and O–H groups in total. The summed E-state index contributed by atoms with van der Waals surface area (Å²) in [5.74, 6) is 0.926. The molecule has 0 saturated carbocycles. The van der Waals surface area contributed by atoms with E-state index in [1.165, 1.54) is 12.2 Å². The molecule has 0 bridgehead atoms.